The first kappa shape index (κ1) is 15.8. The molecule has 0 fully saturated rings. The molecule has 1 N–H and O–H groups in total. The van der Waals surface area contributed by atoms with Crippen LogP contribution in [0.5, 0.6) is 5.75 Å². The number of anilines is 1. The molecule has 110 valence electrons. The number of methoxy groups -OCH3 is 1. The van der Waals surface area contributed by atoms with E-state index >= 15 is 0 Å². The molecule has 21 heavy (non-hydrogen) atoms. The second-order valence-electron chi connectivity index (χ2n) is 4.26. The molecule has 0 spiro atoms. The van der Waals surface area contributed by atoms with Crippen molar-refractivity contribution in [2.75, 3.05) is 12.4 Å². The molecule has 0 atom stereocenters. The molecule has 7 heteroatoms. The van der Waals surface area contributed by atoms with Gasteiger partial charge in [-0.05, 0) is 24.3 Å². The van der Waals surface area contributed by atoms with Crippen LogP contribution >= 0.6 is 31.9 Å². The fourth-order valence-corrected chi connectivity index (χ4v) is 2.73. The molecule has 0 aliphatic heterocycles. The van der Waals surface area contributed by atoms with Crippen LogP contribution in [0.2, 0.25) is 0 Å². The number of ether oxygens (including phenoxy) is 1. The van der Waals surface area contributed by atoms with Crippen LogP contribution in [0.1, 0.15) is 5.56 Å². The number of rotatable bonds is 5. The summed E-state index contributed by atoms with van der Waals surface area (Å²) < 4.78 is 6.85. The predicted molar refractivity (Wildman–Crippen MR) is 88.8 cm³/mol. The number of nitro benzene ring substituents is 1. The Morgan fingerprint density at radius 3 is 2.62 bits per heavy atom. The van der Waals surface area contributed by atoms with Gasteiger partial charge in [-0.25, -0.2) is 0 Å². The molecule has 0 aromatic heterocycles. The van der Waals surface area contributed by atoms with Gasteiger partial charge in [0.1, 0.15) is 5.75 Å². The van der Waals surface area contributed by atoms with Crippen molar-refractivity contribution in [1.29, 1.82) is 0 Å². The lowest BCUT2D eigenvalue weighted by molar-refractivity contribution is -0.385. The highest BCUT2D eigenvalue weighted by molar-refractivity contribution is 9.10. The summed E-state index contributed by atoms with van der Waals surface area (Å²) in [7, 11) is 1.59. The summed E-state index contributed by atoms with van der Waals surface area (Å²) in [5, 5.41) is 14.2. The molecule has 0 aliphatic rings. The van der Waals surface area contributed by atoms with Gasteiger partial charge in [-0.15, -0.1) is 0 Å². The lowest BCUT2D eigenvalue weighted by Crippen LogP contribution is -2.03. The first-order chi connectivity index (χ1) is 9.99. The van der Waals surface area contributed by atoms with E-state index in [1.807, 2.05) is 18.2 Å². The van der Waals surface area contributed by atoms with Gasteiger partial charge in [-0.2, -0.15) is 0 Å². The van der Waals surface area contributed by atoms with Gasteiger partial charge in [-0.1, -0.05) is 31.9 Å². The third-order valence-electron chi connectivity index (χ3n) is 2.83. The molecular weight excluding hydrogens is 404 g/mol. The van der Waals surface area contributed by atoms with Crippen molar-refractivity contribution in [2.45, 2.75) is 6.54 Å². The van der Waals surface area contributed by atoms with E-state index < -0.39 is 0 Å². The Hall–Kier alpha value is -1.60. The molecule has 0 radical (unpaired) electrons. The third kappa shape index (κ3) is 4.18. The molecule has 2 aromatic rings. The van der Waals surface area contributed by atoms with Crippen molar-refractivity contribution < 1.29 is 9.66 Å². The van der Waals surface area contributed by atoms with Gasteiger partial charge in [0.25, 0.3) is 5.69 Å². The van der Waals surface area contributed by atoms with Crippen molar-refractivity contribution in [1.82, 2.24) is 0 Å². The molecule has 0 heterocycles. The minimum Gasteiger partial charge on any atom is -0.497 e. The van der Waals surface area contributed by atoms with E-state index in [1.165, 1.54) is 6.07 Å². The van der Waals surface area contributed by atoms with Crippen molar-refractivity contribution in [3.8, 4) is 5.75 Å². The summed E-state index contributed by atoms with van der Waals surface area (Å²) in [4.78, 5) is 10.6. The van der Waals surface area contributed by atoms with Crippen LogP contribution in [0.25, 0.3) is 0 Å². The Morgan fingerprint density at radius 1 is 1.19 bits per heavy atom. The molecule has 5 nitrogen and oxygen atoms in total. The maximum absolute atomic E-state index is 11.0. The second kappa shape index (κ2) is 6.91. The maximum Gasteiger partial charge on any atom is 0.274 e. The zero-order valence-electron chi connectivity index (χ0n) is 11.1. The fraction of sp³-hybridized carbons (Fsp3) is 0.143. The molecule has 2 aromatic carbocycles. The highest BCUT2D eigenvalue weighted by atomic mass is 79.9. The van der Waals surface area contributed by atoms with Gasteiger partial charge in [0.15, 0.2) is 0 Å². The Labute approximate surface area is 138 Å². The average Bonchev–Trinajstić information content (AvgIpc) is 2.44. The van der Waals surface area contributed by atoms with Crippen molar-refractivity contribution in [2.24, 2.45) is 0 Å². The number of benzene rings is 2. The molecule has 2 rings (SSSR count). The maximum atomic E-state index is 11.0. The van der Waals surface area contributed by atoms with Gasteiger partial charge < -0.3 is 10.1 Å². The molecule has 0 bridgehead atoms. The fourth-order valence-electron chi connectivity index (χ4n) is 1.85. The Bertz CT molecular complexity index is 677. The number of nitro groups is 1. The highest BCUT2D eigenvalue weighted by Crippen LogP contribution is 2.27. The largest absolute Gasteiger partial charge is 0.497 e. The quantitative estimate of drug-likeness (QED) is 0.565. The minimum absolute atomic E-state index is 0.0904. The standard InChI is InChI=1S/C14H12Br2N2O3/c1-21-13-6-11(16)5-12(7-13)17-8-9-4-10(15)2-3-14(9)18(19)20/h2-7,17H,8H2,1H3. The van der Waals surface area contributed by atoms with Crippen LogP contribution in [-0.4, -0.2) is 12.0 Å². The van der Waals surface area contributed by atoms with Crippen LogP contribution in [0, 0.1) is 10.1 Å². The first-order valence-electron chi connectivity index (χ1n) is 6.01. The van der Waals surface area contributed by atoms with E-state index in [9.17, 15) is 10.1 Å². The normalized spacial score (nSPS) is 10.2. The van der Waals surface area contributed by atoms with Crippen molar-refractivity contribution >= 4 is 43.2 Å². The second-order valence-corrected chi connectivity index (χ2v) is 6.09. The Balaban J connectivity index is 2.22. The van der Waals surface area contributed by atoms with Crippen LogP contribution in [0.3, 0.4) is 0 Å². The van der Waals surface area contributed by atoms with Gasteiger partial charge in [-0.3, -0.25) is 10.1 Å². The van der Waals surface area contributed by atoms with E-state index in [1.54, 1.807) is 19.2 Å². The Morgan fingerprint density at radius 2 is 1.95 bits per heavy atom. The van der Waals surface area contributed by atoms with Crippen molar-refractivity contribution in [3.63, 3.8) is 0 Å². The first-order valence-corrected chi connectivity index (χ1v) is 7.59. The summed E-state index contributed by atoms with van der Waals surface area (Å²) in [6, 6.07) is 10.4. The lowest BCUT2D eigenvalue weighted by atomic mass is 10.1. The number of hydrogen-bond donors (Lipinski definition) is 1. The monoisotopic (exact) mass is 414 g/mol. The number of halogens is 2. The molecule has 0 aliphatic carbocycles. The zero-order chi connectivity index (χ0) is 15.4. The van der Waals surface area contributed by atoms with Crippen molar-refractivity contribution in [3.05, 3.63) is 61.0 Å². The molecule has 0 saturated heterocycles. The van der Waals surface area contributed by atoms with Crippen LogP contribution in [-0.2, 0) is 6.54 Å². The van der Waals surface area contributed by atoms with E-state index in [0.717, 1.165) is 14.6 Å². The zero-order valence-corrected chi connectivity index (χ0v) is 14.3. The van der Waals surface area contributed by atoms with Gasteiger partial charge in [0.2, 0.25) is 0 Å². The molecule has 0 amide bonds. The lowest BCUT2D eigenvalue weighted by Gasteiger charge is -2.10. The van der Waals surface area contributed by atoms with Gasteiger partial charge >= 0.3 is 0 Å². The van der Waals surface area contributed by atoms with Crippen LogP contribution in [0.15, 0.2) is 45.3 Å². The van der Waals surface area contributed by atoms with E-state index in [4.69, 9.17) is 4.74 Å². The van der Waals surface area contributed by atoms with Gasteiger partial charge in [0.05, 0.1) is 12.0 Å². The van der Waals surface area contributed by atoms with Crippen LogP contribution < -0.4 is 10.1 Å². The van der Waals surface area contributed by atoms with E-state index in [2.05, 4.69) is 37.2 Å². The summed E-state index contributed by atoms with van der Waals surface area (Å²) in [5.74, 6) is 0.704. The number of nitrogens with zero attached hydrogens (tertiary/aromatic N) is 1. The molecule has 0 unspecified atom stereocenters. The summed E-state index contributed by atoms with van der Waals surface area (Å²) in [6.07, 6.45) is 0. The summed E-state index contributed by atoms with van der Waals surface area (Å²) >= 11 is 6.72. The molecule has 0 saturated carbocycles. The summed E-state index contributed by atoms with van der Waals surface area (Å²) in [5.41, 5.74) is 1.51. The number of hydrogen-bond acceptors (Lipinski definition) is 4. The SMILES string of the molecule is COc1cc(Br)cc(NCc2cc(Br)ccc2[N+](=O)[O-])c1. The molecular formula is C14H12Br2N2O3. The summed E-state index contributed by atoms with van der Waals surface area (Å²) in [6.45, 7) is 0.343. The van der Waals surface area contributed by atoms with Gasteiger partial charge in [0, 0.05) is 38.9 Å². The topological polar surface area (TPSA) is 64.4 Å². The van der Waals surface area contributed by atoms with E-state index in [0.29, 0.717) is 17.9 Å². The average molecular weight is 416 g/mol. The third-order valence-corrected chi connectivity index (χ3v) is 3.78. The predicted octanol–water partition coefficient (Wildman–Crippen LogP) is 4.74. The smallest absolute Gasteiger partial charge is 0.274 e. The minimum atomic E-state index is -0.384. The van der Waals surface area contributed by atoms with Crippen LogP contribution in [0.4, 0.5) is 11.4 Å². The highest BCUT2D eigenvalue weighted by Gasteiger charge is 2.13. The number of nitrogens with one attached hydrogen (secondary N) is 1. The van der Waals surface area contributed by atoms with E-state index in [-0.39, 0.29) is 10.6 Å². The Kier molecular flexibility index (Phi) is 5.19.